The van der Waals surface area contributed by atoms with Gasteiger partial charge in [0.2, 0.25) is 0 Å². The number of benzene rings is 2. The number of carbonyl (C=O) groups is 1. The third kappa shape index (κ3) is 11.9. The number of phosphoric ester groups is 1. The van der Waals surface area contributed by atoms with Crippen LogP contribution in [0.25, 0.3) is 0 Å². The molecular weight excluding hydrogens is 494 g/mol. The van der Waals surface area contributed by atoms with Crippen molar-refractivity contribution in [1.29, 1.82) is 0 Å². The SMILES string of the molecule is C/C(=C\COP(=O)(O)OP(=O)(O)O)CC/C=C(\C)COCc1cccc(C(=O)c2ccccc2)c1. The number of rotatable bonds is 14. The third-order valence-electron chi connectivity index (χ3n) is 4.73. The van der Waals surface area contributed by atoms with Crippen LogP contribution in [0.3, 0.4) is 0 Å². The highest BCUT2D eigenvalue weighted by Gasteiger charge is 2.31. The lowest BCUT2D eigenvalue weighted by Crippen LogP contribution is -2.03. The van der Waals surface area contributed by atoms with Crippen LogP contribution in [0.15, 0.2) is 77.9 Å². The molecule has 0 radical (unpaired) electrons. The average Bonchev–Trinajstić information content (AvgIpc) is 2.77. The average molecular weight is 524 g/mol. The van der Waals surface area contributed by atoms with Crippen molar-refractivity contribution in [3.63, 3.8) is 0 Å². The molecule has 2 aromatic carbocycles. The number of hydrogen-bond donors (Lipinski definition) is 3. The van der Waals surface area contributed by atoms with Gasteiger partial charge in [0, 0.05) is 11.1 Å². The standard InChI is InChI=1S/C24H30O9P2/c1-19(14-15-32-35(29,30)33-34(26,27)28)8-6-9-20(2)17-31-18-21-10-7-13-23(16-21)24(25)22-11-4-3-5-12-22/h3-5,7,9-14,16H,6,8,15,17-18H2,1-2H3,(H,29,30)(H2,26,27,28)/b19-14+,20-9+. The minimum absolute atomic E-state index is 0.0338. The van der Waals surface area contributed by atoms with Crippen molar-refractivity contribution in [1.82, 2.24) is 0 Å². The van der Waals surface area contributed by atoms with Gasteiger partial charge < -0.3 is 19.4 Å². The van der Waals surface area contributed by atoms with Crippen LogP contribution < -0.4 is 0 Å². The Kier molecular flexibility index (Phi) is 11.4. The predicted molar refractivity (Wildman–Crippen MR) is 132 cm³/mol. The first kappa shape index (κ1) is 29.0. The molecule has 0 spiro atoms. The van der Waals surface area contributed by atoms with E-state index in [1.54, 1.807) is 25.1 Å². The van der Waals surface area contributed by atoms with Gasteiger partial charge in [0.15, 0.2) is 5.78 Å². The summed E-state index contributed by atoms with van der Waals surface area (Å²) in [6, 6.07) is 16.5. The molecular formula is C24H30O9P2. The fraction of sp³-hybridized carbons (Fsp3) is 0.292. The molecule has 0 aliphatic rings. The first-order valence-corrected chi connectivity index (χ1v) is 13.8. The Bertz CT molecular complexity index is 1140. The lowest BCUT2D eigenvalue weighted by Gasteiger charge is -2.11. The van der Waals surface area contributed by atoms with Gasteiger partial charge >= 0.3 is 15.6 Å². The van der Waals surface area contributed by atoms with Crippen LogP contribution in [0.5, 0.6) is 0 Å². The van der Waals surface area contributed by atoms with E-state index in [-0.39, 0.29) is 12.4 Å². The van der Waals surface area contributed by atoms with Crippen LogP contribution in [0, 0.1) is 0 Å². The zero-order chi connectivity index (χ0) is 25.9. The van der Waals surface area contributed by atoms with E-state index < -0.39 is 15.6 Å². The van der Waals surface area contributed by atoms with E-state index in [0.717, 1.165) is 16.7 Å². The highest BCUT2D eigenvalue weighted by Crippen LogP contribution is 2.57. The molecule has 0 aromatic heterocycles. The molecule has 1 unspecified atom stereocenters. The summed E-state index contributed by atoms with van der Waals surface area (Å²) in [6.07, 6.45) is 4.91. The Hall–Kier alpha value is -2.19. The van der Waals surface area contributed by atoms with E-state index in [2.05, 4.69) is 8.83 Å². The predicted octanol–water partition coefficient (Wildman–Crippen LogP) is 5.33. The highest BCUT2D eigenvalue weighted by atomic mass is 31.3. The zero-order valence-corrected chi connectivity index (χ0v) is 21.4. The molecule has 0 amide bonds. The van der Waals surface area contributed by atoms with Crippen molar-refractivity contribution in [2.24, 2.45) is 0 Å². The molecule has 1 atom stereocenters. The van der Waals surface area contributed by atoms with Gasteiger partial charge in [-0.15, -0.1) is 0 Å². The minimum atomic E-state index is -5.12. The Morgan fingerprint density at radius 2 is 1.60 bits per heavy atom. The molecule has 2 aromatic rings. The summed E-state index contributed by atoms with van der Waals surface area (Å²) in [5.74, 6) is -0.0338. The summed E-state index contributed by atoms with van der Waals surface area (Å²) < 4.78 is 36.0. The number of ether oxygens (including phenoxy) is 1. The van der Waals surface area contributed by atoms with Crippen molar-refractivity contribution in [3.8, 4) is 0 Å². The summed E-state index contributed by atoms with van der Waals surface area (Å²) in [4.78, 5) is 38.9. The molecule has 0 aliphatic heterocycles. The lowest BCUT2D eigenvalue weighted by molar-refractivity contribution is 0.103. The number of ketones is 1. The monoisotopic (exact) mass is 524 g/mol. The van der Waals surface area contributed by atoms with E-state index >= 15 is 0 Å². The molecule has 0 bridgehead atoms. The number of carbonyl (C=O) groups excluding carboxylic acids is 1. The summed E-state index contributed by atoms with van der Waals surface area (Å²) in [6.45, 7) is 4.22. The first-order chi connectivity index (χ1) is 16.5. The van der Waals surface area contributed by atoms with Crippen molar-refractivity contribution in [2.75, 3.05) is 13.2 Å². The van der Waals surface area contributed by atoms with Crippen molar-refractivity contribution in [3.05, 3.63) is 94.6 Å². The van der Waals surface area contributed by atoms with Crippen molar-refractivity contribution < 1.29 is 42.2 Å². The fourth-order valence-electron chi connectivity index (χ4n) is 3.03. The van der Waals surface area contributed by atoms with Crippen LogP contribution >= 0.6 is 15.6 Å². The number of hydrogen-bond acceptors (Lipinski definition) is 6. The van der Waals surface area contributed by atoms with E-state index in [1.807, 2.05) is 49.4 Å². The lowest BCUT2D eigenvalue weighted by atomic mass is 10.0. The summed E-state index contributed by atoms with van der Waals surface area (Å²) in [5.41, 5.74) is 4.05. The van der Waals surface area contributed by atoms with Gasteiger partial charge in [-0.1, -0.05) is 71.8 Å². The van der Waals surface area contributed by atoms with Crippen LogP contribution in [0.4, 0.5) is 0 Å². The molecule has 2 rings (SSSR count). The summed E-state index contributed by atoms with van der Waals surface area (Å²) >= 11 is 0. The van der Waals surface area contributed by atoms with Gasteiger partial charge in [0.05, 0.1) is 19.8 Å². The number of allylic oxidation sites excluding steroid dienone is 2. The minimum Gasteiger partial charge on any atom is -0.372 e. The van der Waals surface area contributed by atoms with Crippen molar-refractivity contribution in [2.45, 2.75) is 33.3 Å². The largest absolute Gasteiger partial charge is 0.481 e. The van der Waals surface area contributed by atoms with Crippen LogP contribution in [-0.4, -0.2) is 33.7 Å². The number of phosphoric acid groups is 2. The summed E-state index contributed by atoms with van der Waals surface area (Å²) in [5, 5.41) is 0. The topological polar surface area (TPSA) is 140 Å². The molecule has 0 heterocycles. The molecule has 0 saturated carbocycles. The maximum Gasteiger partial charge on any atom is 0.481 e. The molecule has 9 nitrogen and oxygen atoms in total. The van der Waals surface area contributed by atoms with Gasteiger partial charge in [-0.2, -0.15) is 4.31 Å². The quantitative estimate of drug-likeness (QED) is 0.170. The molecule has 0 saturated heterocycles. The maximum atomic E-state index is 12.6. The molecule has 35 heavy (non-hydrogen) atoms. The summed E-state index contributed by atoms with van der Waals surface area (Å²) in [7, 11) is -9.95. The van der Waals surface area contributed by atoms with Gasteiger partial charge in [-0.05, 0) is 38.3 Å². The van der Waals surface area contributed by atoms with Gasteiger partial charge in [-0.25, -0.2) is 9.13 Å². The van der Waals surface area contributed by atoms with E-state index in [4.69, 9.17) is 14.5 Å². The van der Waals surface area contributed by atoms with E-state index in [0.29, 0.717) is 37.2 Å². The van der Waals surface area contributed by atoms with E-state index in [1.165, 1.54) is 6.08 Å². The highest BCUT2D eigenvalue weighted by molar-refractivity contribution is 7.60. The van der Waals surface area contributed by atoms with Gasteiger partial charge in [0.25, 0.3) is 0 Å². The second-order valence-corrected chi connectivity index (χ2v) is 10.7. The molecule has 11 heteroatoms. The van der Waals surface area contributed by atoms with E-state index in [9.17, 15) is 18.8 Å². The zero-order valence-electron chi connectivity index (χ0n) is 19.6. The Balaban J connectivity index is 1.74. The Labute approximate surface area is 204 Å². The fourth-order valence-corrected chi connectivity index (χ4v) is 4.55. The second-order valence-electron chi connectivity index (χ2n) is 7.86. The van der Waals surface area contributed by atoms with Crippen LogP contribution in [-0.2, 0) is 29.3 Å². The van der Waals surface area contributed by atoms with Gasteiger partial charge in [0.1, 0.15) is 0 Å². The van der Waals surface area contributed by atoms with Crippen LogP contribution in [0.2, 0.25) is 0 Å². The molecule has 0 fully saturated rings. The molecule has 190 valence electrons. The molecule has 3 N–H and O–H groups in total. The van der Waals surface area contributed by atoms with Crippen molar-refractivity contribution >= 4 is 21.4 Å². The smallest absolute Gasteiger partial charge is 0.372 e. The Morgan fingerprint density at radius 3 is 2.29 bits per heavy atom. The molecule has 0 aliphatic carbocycles. The van der Waals surface area contributed by atoms with Gasteiger partial charge in [-0.3, -0.25) is 9.32 Å². The second kappa shape index (κ2) is 13.8. The third-order valence-corrected chi connectivity index (χ3v) is 6.89. The van der Waals surface area contributed by atoms with Crippen LogP contribution in [0.1, 0.15) is 48.2 Å². The maximum absolute atomic E-state index is 12.6. The normalized spacial score (nSPS) is 14.5. The Morgan fingerprint density at radius 1 is 0.914 bits per heavy atom. The first-order valence-electron chi connectivity index (χ1n) is 10.8.